The molecule has 1 aromatic carbocycles. The molecule has 2 heterocycles. The van der Waals surface area contributed by atoms with Crippen LogP contribution in [0.25, 0.3) is 12.2 Å². The molecule has 0 bridgehead atoms. The van der Waals surface area contributed by atoms with Gasteiger partial charge in [0, 0.05) is 25.0 Å². The number of carbonyl (C=O) groups excluding carboxylic acids is 1. The second kappa shape index (κ2) is 8.38. The number of carbonyl (C=O) groups is 1. The van der Waals surface area contributed by atoms with Crippen molar-refractivity contribution in [1.82, 2.24) is 9.88 Å². The standard InChI is InChI=1S/C23H28N2O2/c1-18-6-4-5-17-25(18)22(26)23(2,3)27-21-11-9-19(10-12-21)7-8-20-13-15-24-16-14-20/h7-16,18H,4-6,17H2,1-3H3/b8-7+. The van der Waals surface area contributed by atoms with Crippen molar-refractivity contribution in [3.05, 3.63) is 59.9 Å². The molecule has 4 nitrogen and oxygen atoms in total. The molecule has 1 saturated heterocycles. The number of aromatic nitrogens is 1. The molecule has 142 valence electrons. The van der Waals surface area contributed by atoms with E-state index in [9.17, 15) is 4.79 Å². The lowest BCUT2D eigenvalue weighted by Gasteiger charge is -2.38. The minimum Gasteiger partial charge on any atom is -0.478 e. The van der Waals surface area contributed by atoms with Crippen molar-refractivity contribution in [3.8, 4) is 5.75 Å². The van der Waals surface area contributed by atoms with Crippen molar-refractivity contribution in [2.75, 3.05) is 6.54 Å². The highest BCUT2D eigenvalue weighted by molar-refractivity contribution is 5.85. The van der Waals surface area contributed by atoms with Gasteiger partial charge in [-0.05, 0) is 75.4 Å². The average molecular weight is 364 g/mol. The summed E-state index contributed by atoms with van der Waals surface area (Å²) >= 11 is 0. The van der Waals surface area contributed by atoms with Crippen LogP contribution in [0.1, 0.15) is 51.2 Å². The Bertz CT molecular complexity index is 782. The van der Waals surface area contributed by atoms with Gasteiger partial charge in [-0.2, -0.15) is 0 Å². The van der Waals surface area contributed by atoms with Gasteiger partial charge in [0.1, 0.15) is 5.75 Å². The summed E-state index contributed by atoms with van der Waals surface area (Å²) < 4.78 is 6.06. The first-order valence-electron chi connectivity index (χ1n) is 9.64. The highest BCUT2D eigenvalue weighted by Gasteiger charge is 2.37. The van der Waals surface area contributed by atoms with E-state index in [0.717, 1.165) is 30.5 Å². The first-order valence-corrected chi connectivity index (χ1v) is 9.64. The van der Waals surface area contributed by atoms with Gasteiger partial charge in [0.2, 0.25) is 0 Å². The van der Waals surface area contributed by atoms with Gasteiger partial charge in [0.15, 0.2) is 5.60 Å². The summed E-state index contributed by atoms with van der Waals surface area (Å²) in [5, 5.41) is 0. The van der Waals surface area contributed by atoms with Gasteiger partial charge in [-0.1, -0.05) is 24.3 Å². The second-order valence-electron chi connectivity index (χ2n) is 7.64. The van der Waals surface area contributed by atoms with Crippen molar-refractivity contribution in [2.24, 2.45) is 0 Å². The van der Waals surface area contributed by atoms with E-state index in [1.807, 2.05) is 67.3 Å². The van der Waals surface area contributed by atoms with Crippen LogP contribution < -0.4 is 4.74 Å². The molecular formula is C23H28N2O2. The Labute approximate surface area is 161 Å². The molecule has 0 radical (unpaired) electrons. The number of hydrogen-bond donors (Lipinski definition) is 0. The van der Waals surface area contributed by atoms with E-state index in [0.29, 0.717) is 5.75 Å². The number of hydrogen-bond acceptors (Lipinski definition) is 3. The molecule has 1 aromatic heterocycles. The molecule has 0 saturated carbocycles. The Morgan fingerprint density at radius 2 is 1.70 bits per heavy atom. The van der Waals surface area contributed by atoms with Crippen LogP contribution in [0.3, 0.4) is 0 Å². The van der Waals surface area contributed by atoms with E-state index in [4.69, 9.17) is 4.74 Å². The molecular weight excluding hydrogens is 336 g/mol. The predicted molar refractivity (Wildman–Crippen MR) is 109 cm³/mol. The summed E-state index contributed by atoms with van der Waals surface area (Å²) in [6, 6.07) is 12.0. The normalized spacial score (nSPS) is 17.9. The van der Waals surface area contributed by atoms with E-state index < -0.39 is 5.60 Å². The lowest BCUT2D eigenvalue weighted by atomic mass is 9.99. The molecule has 1 aliphatic heterocycles. The summed E-state index contributed by atoms with van der Waals surface area (Å²) in [5.41, 5.74) is 1.31. The van der Waals surface area contributed by atoms with Gasteiger partial charge in [0.05, 0.1) is 0 Å². The minimum absolute atomic E-state index is 0.0661. The zero-order valence-corrected chi connectivity index (χ0v) is 16.4. The number of likely N-dealkylation sites (tertiary alicyclic amines) is 1. The number of piperidine rings is 1. The summed E-state index contributed by atoms with van der Waals surface area (Å²) in [6.07, 6.45) is 11.0. The summed E-state index contributed by atoms with van der Waals surface area (Å²) in [7, 11) is 0. The predicted octanol–water partition coefficient (Wildman–Crippen LogP) is 4.81. The number of rotatable bonds is 5. The molecule has 1 aliphatic rings. The molecule has 3 rings (SSSR count). The number of ether oxygens (including phenoxy) is 1. The molecule has 0 spiro atoms. The summed E-state index contributed by atoms with van der Waals surface area (Å²) in [6.45, 7) is 6.66. The van der Waals surface area contributed by atoms with Gasteiger partial charge in [-0.25, -0.2) is 0 Å². The van der Waals surface area contributed by atoms with E-state index >= 15 is 0 Å². The van der Waals surface area contributed by atoms with Crippen LogP contribution in [0.15, 0.2) is 48.8 Å². The fourth-order valence-corrected chi connectivity index (χ4v) is 3.40. The number of benzene rings is 1. The van der Waals surface area contributed by atoms with Crippen LogP contribution in [0.5, 0.6) is 5.75 Å². The molecule has 0 N–H and O–H groups in total. The highest BCUT2D eigenvalue weighted by atomic mass is 16.5. The van der Waals surface area contributed by atoms with Crippen LogP contribution in [-0.4, -0.2) is 34.0 Å². The molecule has 0 aliphatic carbocycles. The van der Waals surface area contributed by atoms with Crippen LogP contribution in [-0.2, 0) is 4.79 Å². The van der Waals surface area contributed by atoms with E-state index in [-0.39, 0.29) is 11.9 Å². The minimum atomic E-state index is -0.875. The third-order valence-corrected chi connectivity index (χ3v) is 5.01. The summed E-state index contributed by atoms with van der Waals surface area (Å²) in [4.78, 5) is 18.9. The van der Waals surface area contributed by atoms with E-state index in [1.54, 1.807) is 12.4 Å². The summed E-state index contributed by atoms with van der Waals surface area (Å²) in [5.74, 6) is 0.774. The Kier molecular flexibility index (Phi) is 5.94. The highest BCUT2D eigenvalue weighted by Crippen LogP contribution is 2.25. The van der Waals surface area contributed by atoms with Gasteiger partial charge < -0.3 is 9.64 Å². The van der Waals surface area contributed by atoms with Crippen molar-refractivity contribution in [2.45, 2.75) is 51.7 Å². The monoisotopic (exact) mass is 364 g/mol. The molecule has 1 fully saturated rings. The molecule has 1 unspecified atom stereocenters. The van der Waals surface area contributed by atoms with Crippen molar-refractivity contribution in [3.63, 3.8) is 0 Å². The maximum Gasteiger partial charge on any atom is 0.266 e. The van der Waals surface area contributed by atoms with Gasteiger partial charge in [-0.15, -0.1) is 0 Å². The fourth-order valence-electron chi connectivity index (χ4n) is 3.40. The SMILES string of the molecule is CC1CCCCN1C(=O)C(C)(C)Oc1ccc(/C=C/c2ccncc2)cc1. The molecule has 27 heavy (non-hydrogen) atoms. The number of pyridine rings is 1. The zero-order valence-electron chi connectivity index (χ0n) is 16.4. The number of nitrogens with zero attached hydrogens (tertiary/aromatic N) is 2. The van der Waals surface area contributed by atoms with E-state index in [1.165, 1.54) is 6.42 Å². The topological polar surface area (TPSA) is 42.4 Å². The smallest absolute Gasteiger partial charge is 0.266 e. The fraction of sp³-hybridized carbons (Fsp3) is 0.391. The Morgan fingerprint density at radius 3 is 2.33 bits per heavy atom. The first-order chi connectivity index (χ1) is 13.0. The van der Waals surface area contributed by atoms with Crippen molar-refractivity contribution >= 4 is 18.1 Å². The average Bonchev–Trinajstić information content (AvgIpc) is 2.68. The van der Waals surface area contributed by atoms with Crippen LogP contribution in [0.2, 0.25) is 0 Å². The second-order valence-corrected chi connectivity index (χ2v) is 7.64. The largest absolute Gasteiger partial charge is 0.478 e. The molecule has 1 amide bonds. The maximum absolute atomic E-state index is 12.9. The lowest BCUT2D eigenvalue weighted by Crippen LogP contribution is -2.53. The van der Waals surface area contributed by atoms with Gasteiger partial charge >= 0.3 is 0 Å². The van der Waals surface area contributed by atoms with Crippen molar-refractivity contribution in [1.29, 1.82) is 0 Å². The third-order valence-electron chi connectivity index (χ3n) is 5.01. The van der Waals surface area contributed by atoms with Crippen LogP contribution in [0, 0.1) is 0 Å². The van der Waals surface area contributed by atoms with E-state index in [2.05, 4.69) is 11.9 Å². The van der Waals surface area contributed by atoms with Crippen molar-refractivity contribution < 1.29 is 9.53 Å². The van der Waals surface area contributed by atoms with Gasteiger partial charge in [0.25, 0.3) is 5.91 Å². The Morgan fingerprint density at radius 1 is 1.07 bits per heavy atom. The Hall–Kier alpha value is -2.62. The van der Waals surface area contributed by atoms with Gasteiger partial charge in [-0.3, -0.25) is 9.78 Å². The third kappa shape index (κ3) is 4.97. The van der Waals surface area contributed by atoms with Crippen LogP contribution in [0.4, 0.5) is 0 Å². The lowest BCUT2D eigenvalue weighted by molar-refractivity contribution is -0.148. The maximum atomic E-state index is 12.9. The quantitative estimate of drug-likeness (QED) is 0.764. The molecule has 4 heteroatoms. The molecule has 1 atom stereocenters. The molecule has 2 aromatic rings. The first kappa shape index (κ1) is 19.2. The zero-order chi connectivity index (χ0) is 19.3. The Balaban J connectivity index is 1.64. The number of amides is 1. The van der Waals surface area contributed by atoms with Crippen LogP contribution >= 0.6 is 0 Å².